The first-order valence-electron chi connectivity index (χ1n) is 7.09. The number of halogens is 2. The zero-order valence-electron chi connectivity index (χ0n) is 11.3. The number of fused-ring (bicyclic) bond motifs is 1. The predicted octanol–water partition coefficient (Wildman–Crippen LogP) is 4.13. The van der Waals surface area contributed by atoms with Crippen molar-refractivity contribution in [3.63, 3.8) is 0 Å². The lowest BCUT2D eigenvalue weighted by molar-refractivity contribution is -0.712. The third kappa shape index (κ3) is 3.01. The summed E-state index contributed by atoms with van der Waals surface area (Å²) in [5.41, 5.74) is 4.14. The second-order valence-electron chi connectivity index (χ2n) is 5.37. The standard InChI is InChI=1S/C17H17Cl2N/c18-14-9-8-13(16(19)10-14)11-20-17-7-3-5-12-4-1-2-6-15(12)17/h1-2,4,6,8-10,17,20H,3,5,7,11H2/p+1/t17-/m1/s1. The van der Waals surface area contributed by atoms with E-state index < -0.39 is 0 Å². The van der Waals surface area contributed by atoms with Gasteiger partial charge in [0.15, 0.2) is 0 Å². The molecule has 3 heteroatoms. The van der Waals surface area contributed by atoms with Crippen molar-refractivity contribution in [2.24, 2.45) is 0 Å². The van der Waals surface area contributed by atoms with Gasteiger partial charge in [-0.2, -0.15) is 0 Å². The molecule has 0 radical (unpaired) electrons. The van der Waals surface area contributed by atoms with Gasteiger partial charge >= 0.3 is 0 Å². The van der Waals surface area contributed by atoms with E-state index in [1.54, 1.807) is 0 Å². The van der Waals surface area contributed by atoms with Gasteiger partial charge in [-0.3, -0.25) is 0 Å². The summed E-state index contributed by atoms with van der Waals surface area (Å²) in [5, 5.41) is 3.85. The van der Waals surface area contributed by atoms with Gasteiger partial charge in [0.05, 0.1) is 5.02 Å². The molecule has 0 saturated heterocycles. The molecule has 1 aliphatic carbocycles. The molecule has 0 unspecified atom stereocenters. The van der Waals surface area contributed by atoms with Gasteiger partial charge in [0, 0.05) is 22.6 Å². The van der Waals surface area contributed by atoms with Crippen LogP contribution >= 0.6 is 23.2 Å². The Labute approximate surface area is 129 Å². The summed E-state index contributed by atoms with van der Waals surface area (Å²) in [6, 6.07) is 15.1. The molecule has 0 bridgehead atoms. The second kappa shape index (κ2) is 6.17. The molecule has 1 nitrogen and oxygen atoms in total. The van der Waals surface area contributed by atoms with Crippen LogP contribution in [0.4, 0.5) is 0 Å². The topological polar surface area (TPSA) is 16.6 Å². The average molecular weight is 307 g/mol. The zero-order chi connectivity index (χ0) is 13.9. The third-order valence-corrected chi connectivity index (χ3v) is 4.64. The van der Waals surface area contributed by atoms with Crippen molar-refractivity contribution in [3.05, 3.63) is 69.2 Å². The van der Waals surface area contributed by atoms with Crippen molar-refractivity contribution >= 4 is 23.2 Å². The van der Waals surface area contributed by atoms with E-state index in [1.165, 1.54) is 30.4 Å². The SMILES string of the molecule is Clc1ccc(C[NH2+][C@@H]2CCCc3ccccc32)c(Cl)c1. The number of aryl methyl sites for hydroxylation is 1. The van der Waals surface area contributed by atoms with Crippen molar-refractivity contribution in [1.82, 2.24) is 0 Å². The highest BCUT2D eigenvalue weighted by Gasteiger charge is 2.22. The first kappa shape index (κ1) is 13.9. The number of nitrogens with two attached hydrogens (primary N) is 1. The summed E-state index contributed by atoms with van der Waals surface area (Å²) in [5.74, 6) is 0. The molecule has 2 aromatic carbocycles. The van der Waals surface area contributed by atoms with E-state index >= 15 is 0 Å². The first-order chi connectivity index (χ1) is 9.74. The number of quaternary nitrogens is 1. The highest BCUT2D eigenvalue weighted by atomic mass is 35.5. The van der Waals surface area contributed by atoms with Crippen LogP contribution in [0.5, 0.6) is 0 Å². The average Bonchev–Trinajstić information content (AvgIpc) is 2.46. The van der Waals surface area contributed by atoms with Crippen LogP contribution < -0.4 is 5.32 Å². The van der Waals surface area contributed by atoms with Crippen LogP contribution in [-0.4, -0.2) is 0 Å². The van der Waals surface area contributed by atoms with Crippen molar-refractivity contribution in [2.45, 2.75) is 31.8 Å². The fraction of sp³-hybridized carbons (Fsp3) is 0.294. The molecule has 20 heavy (non-hydrogen) atoms. The van der Waals surface area contributed by atoms with Gasteiger partial charge in [0.1, 0.15) is 12.6 Å². The maximum Gasteiger partial charge on any atom is 0.112 e. The molecular weight excluding hydrogens is 289 g/mol. The van der Waals surface area contributed by atoms with Gasteiger partial charge in [-0.25, -0.2) is 0 Å². The molecule has 3 rings (SSSR count). The maximum absolute atomic E-state index is 6.24. The Morgan fingerprint density at radius 3 is 2.80 bits per heavy atom. The summed E-state index contributed by atoms with van der Waals surface area (Å²) < 4.78 is 0. The van der Waals surface area contributed by atoms with E-state index in [0.29, 0.717) is 11.1 Å². The number of benzene rings is 2. The Hall–Kier alpha value is -1.02. The largest absolute Gasteiger partial charge is 0.336 e. The Morgan fingerprint density at radius 1 is 1.10 bits per heavy atom. The van der Waals surface area contributed by atoms with E-state index in [-0.39, 0.29) is 0 Å². The van der Waals surface area contributed by atoms with Crippen LogP contribution in [0, 0.1) is 0 Å². The van der Waals surface area contributed by atoms with Crippen molar-refractivity contribution < 1.29 is 5.32 Å². The molecule has 1 aliphatic rings. The molecule has 0 aliphatic heterocycles. The fourth-order valence-corrected chi connectivity index (χ4v) is 3.48. The highest BCUT2D eigenvalue weighted by molar-refractivity contribution is 6.35. The van der Waals surface area contributed by atoms with E-state index in [9.17, 15) is 0 Å². The Bertz CT molecular complexity index is 610. The summed E-state index contributed by atoms with van der Waals surface area (Å²) >= 11 is 12.2. The molecule has 0 heterocycles. The Kier molecular flexibility index (Phi) is 4.30. The van der Waals surface area contributed by atoms with E-state index in [4.69, 9.17) is 23.2 Å². The molecule has 0 saturated carbocycles. The van der Waals surface area contributed by atoms with Crippen molar-refractivity contribution in [2.75, 3.05) is 0 Å². The monoisotopic (exact) mass is 306 g/mol. The van der Waals surface area contributed by atoms with Gasteiger partial charge in [0.2, 0.25) is 0 Å². The number of hydrogen-bond acceptors (Lipinski definition) is 0. The first-order valence-corrected chi connectivity index (χ1v) is 7.84. The van der Waals surface area contributed by atoms with E-state index in [1.807, 2.05) is 18.2 Å². The van der Waals surface area contributed by atoms with Crippen molar-refractivity contribution in [3.8, 4) is 0 Å². The molecule has 0 fully saturated rings. The lowest BCUT2D eigenvalue weighted by Crippen LogP contribution is -2.84. The smallest absolute Gasteiger partial charge is 0.112 e. The molecule has 104 valence electrons. The van der Waals surface area contributed by atoms with Crippen LogP contribution in [0.3, 0.4) is 0 Å². The Morgan fingerprint density at radius 2 is 1.95 bits per heavy atom. The van der Waals surface area contributed by atoms with Gasteiger partial charge in [0.25, 0.3) is 0 Å². The minimum Gasteiger partial charge on any atom is -0.336 e. The Balaban J connectivity index is 1.73. The van der Waals surface area contributed by atoms with Crippen LogP contribution in [0.1, 0.15) is 35.6 Å². The third-order valence-electron chi connectivity index (χ3n) is 4.05. The van der Waals surface area contributed by atoms with Gasteiger partial charge in [-0.05, 0) is 30.5 Å². The molecule has 0 aromatic heterocycles. The summed E-state index contributed by atoms with van der Waals surface area (Å²) in [6.45, 7) is 0.898. The molecule has 1 atom stereocenters. The molecule has 2 N–H and O–H groups in total. The zero-order valence-corrected chi connectivity index (χ0v) is 12.8. The predicted molar refractivity (Wildman–Crippen MR) is 84.2 cm³/mol. The van der Waals surface area contributed by atoms with Crippen LogP contribution in [-0.2, 0) is 13.0 Å². The van der Waals surface area contributed by atoms with Crippen molar-refractivity contribution in [1.29, 1.82) is 0 Å². The lowest BCUT2D eigenvalue weighted by Gasteiger charge is -2.23. The van der Waals surface area contributed by atoms with Crippen LogP contribution in [0.25, 0.3) is 0 Å². The summed E-state index contributed by atoms with van der Waals surface area (Å²) in [6.07, 6.45) is 3.72. The van der Waals surface area contributed by atoms with Crippen LogP contribution in [0.2, 0.25) is 10.0 Å². The second-order valence-corrected chi connectivity index (χ2v) is 6.22. The van der Waals surface area contributed by atoms with Gasteiger partial charge < -0.3 is 5.32 Å². The number of hydrogen-bond donors (Lipinski definition) is 1. The van der Waals surface area contributed by atoms with E-state index in [2.05, 4.69) is 29.6 Å². The lowest BCUT2D eigenvalue weighted by atomic mass is 9.87. The summed E-state index contributed by atoms with van der Waals surface area (Å²) in [7, 11) is 0. The van der Waals surface area contributed by atoms with Crippen LogP contribution in [0.15, 0.2) is 42.5 Å². The fourth-order valence-electron chi connectivity index (χ4n) is 2.99. The van der Waals surface area contributed by atoms with Gasteiger partial charge in [-0.15, -0.1) is 0 Å². The molecule has 0 spiro atoms. The van der Waals surface area contributed by atoms with Gasteiger partial charge in [-0.1, -0.05) is 53.5 Å². The quantitative estimate of drug-likeness (QED) is 0.878. The molecule has 2 aromatic rings. The maximum atomic E-state index is 6.24. The molecule has 0 amide bonds. The number of rotatable bonds is 3. The summed E-state index contributed by atoms with van der Waals surface area (Å²) in [4.78, 5) is 0. The normalized spacial score (nSPS) is 17.8. The van der Waals surface area contributed by atoms with E-state index in [0.717, 1.165) is 17.1 Å². The minimum atomic E-state index is 0.548. The minimum absolute atomic E-state index is 0.548. The molecular formula is C17H18Cl2N+. The highest BCUT2D eigenvalue weighted by Crippen LogP contribution is 2.27.